The molecule has 2 N–H and O–H groups in total. The van der Waals surface area contributed by atoms with E-state index in [4.69, 9.17) is 0 Å². The Balaban J connectivity index is 2.68. The van der Waals surface area contributed by atoms with E-state index < -0.39 is 18.9 Å². The van der Waals surface area contributed by atoms with Gasteiger partial charge in [-0.15, -0.1) is 0 Å². The smallest absolute Gasteiger partial charge is 0.374 e. The number of hydrogen-bond donors (Lipinski definition) is 2. The highest BCUT2D eigenvalue weighted by Crippen LogP contribution is 2.11. The number of hydrazine groups is 1. The number of carbonyl (C=O) groups is 3. The number of rotatable bonds is 2. The molecular formula is C5H8AlN3O3. The van der Waals surface area contributed by atoms with Crippen LogP contribution in [0.3, 0.4) is 0 Å². The molecule has 1 aliphatic heterocycles. The Hall–Kier alpha value is -0.898. The highest BCUT2D eigenvalue weighted by atomic mass is 27.2. The molecule has 0 saturated carbocycles. The Morgan fingerprint density at radius 1 is 1.33 bits per heavy atom. The molecule has 1 saturated heterocycles. The molecule has 1 rings (SSSR count). The van der Waals surface area contributed by atoms with Gasteiger partial charge in [0, 0.05) is 14.1 Å². The van der Waals surface area contributed by atoms with Crippen LogP contribution in [0.25, 0.3) is 0 Å². The maximum atomic E-state index is 11.0. The van der Waals surface area contributed by atoms with Gasteiger partial charge in [0.1, 0.15) is 0 Å². The third-order valence-electron chi connectivity index (χ3n) is 1.67. The summed E-state index contributed by atoms with van der Waals surface area (Å²) >= 11 is -2.52. The van der Waals surface area contributed by atoms with Crippen LogP contribution in [0.15, 0.2) is 0 Å². The summed E-state index contributed by atoms with van der Waals surface area (Å²) < 4.78 is -1.17. The molecular weight excluding hydrogens is 177 g/mol. The Morgan fingerprint density at radius 2 is 1.83 bits per heavy atom. The molecule has 12 heavy (non-hydrogen) atoms. The molecule has 1 fully saturated rings. The quantitative estimate of drug-likeness (QED) is 0.555. The molecule has 64 valence electrons. The Kier molecular flexibility index (Phi) is 2.47. The third-order valence-corrected chi connectivity index (χ3v) is 3.98. The number of nitrogens with one attached hydrogen (secondary N) is 2. The average molecular weight is 185 g/mol. The zero-order chi connectivity index (χ0) is 9.30. The second-order valence-corrected chi connectivity index (χ2v) is 4.66. The van der Waals surface area contributed by atoms with Crippen LogP contribution in [-0.4, -0.2) is 47.6 Å². The fourth-order valence-corrected chi connectivity index (χ4v) is 2.77. The van der Waals surface area contributed by atoms with Crippen molar-refractivity contribution in [2.75, 3.05) is 14.1 Å². The Bertz CT molecular complexity index is 238. The normalized spacial score (nSPS) is 16.2. The largest absolute Gasteiger partial charge is 0.653 e. The number of nitrogens with zero attached hydrogens (tertiary/aromatic N) is 1. The molecule has 0 unspecified atom stereocenters. The van der Waals surface area contributed by atoms with Crippen molar-refractivity contribution in [1.82, 2.24) is 15.8 Å². The van der Waals surface area contributed by atoms with Gasteiger partial charge in [-0.1, -0.05) is 0 Å². The van der Waals surface area contributed by atoms with E-state index in [0.29, 0.717) is 0 Å². The zero-order valence-electron chi connectivity index (χ0n) is 6.75. The summed E-state index contributed by atoms with van der Waals surface area (Å²) in [6.07, 6.45) is 0. The van der Waals surface area contributed by atoms with Crippen LogP contribution in [0.1, 0.15) is 0 Å². The first-order valence-corrected chi connectivity index (χ1v) is 5.13. The van der Waals surface area contributed by atoms with Crippen molar-refractivity contribution in [2.45, 2.75) is 0 Å². The van der Waals surface area contributed by atoms with E-state index in [9.17, 15) is 14.4 Å². The topological polar surface area (TPSA) is 78.5 Å². The maximum Gasteiger partial charge on any atom is 0.653 e. The molecule has 1 heterocycles. The van der Waals surface area contributed by atoms with Gasteiger partial charge in [-0.25, -0.2) is 10.4 Å². The van der Waals surface area contributed by atoms with Crippen molar-refractivity contribution in [1.29, 1.82) is 0 Å². The lowest BCUT2D eigenvalue weighted by atomic mass is 11.0. The molecule has 1 aliphatic rings. The maximum absolute atomic E-state index is 11.0. The SMILES string of the molecule is CN[C](=O)[Al]1[C](=O)N(NC)[C]1=O. The van der Waals surface area contributed by atoms with Gasteiger partial charge in [0.25, 0.3) is 0 Å². The van der Waals surface area contributed by atoms with Crippen molar-refractivity contribution in [2.24, 2.45) is 0 Å². The van der Waals surface area contributed by atoms with E-state index in [-0.39, 0.29) is 9.54 Å². The molecule has 6 nitrogen and oxygen atoms in total. The Labute approximate surface area is 73.3 Å². The lowest BCUT2D eigenvalue weighted by Crippen LogP contribution is -2.71. The lowest BCUT2D eigenvalue weighted by molar-refractivity contribution is 0.188. The lowest BCUT2D eigenvalue weighted by Gasteiger charge is -2.31. The van der Waals surface area contributed by atoms with Crippen molar-refractivity contribution >= 4 is 28.5 Å². The summed E-state index contributed by atoms with van der Waals surface area (Å²) in [6.45, 7) is 0. The number of carbonyl (C=O) groups excluding carboxylic acids is 3. The molecule has 0 spiro atoms. The highest BCUT2D eigenvalue weighted by Gasteiger charge is 2.60. The first-order chi connectivity index (χ1) is 5.63. The van der Waals surface area contributed by atoms with Gasteiger partial charge >= 0.3 is 14.1 Å². The number of amides is 3. The van der Waals surface area contributed by atoms with Crippen LogP contribution in [0.2, 0.25) is 0 Å². The minimum absolute atomic E-state index is 0.373. The van der Waals surface area contributed by atoms with Crippen molar-refractivity contribution in [3.63, 3.8) is 0 Å². The number of hydrogen-bond acceptors (Lipinski definition) is 4. The Morgan fingerprint density at radius 3 is 2.17 bits per heavy atom. The molecule has 0 aromatic carbocycles. The van der Waals surface area contributed by atoms with Gasteiger partial charge in [0.2, 0.25) is 0 Å². The zero-order valence-corrected chi connectivity index (χ0v) is 7.90. The van der Waals surface area contributed by atoms with Crippen LogP contribution < -0.4 is 10.7 Å². The molecule has 0 aromatic heterocycles. The fourth-order valence-electron chi connectivity index (χ4n) is 0.995. The predicted molar refractivity (Wildman–Crippen MR) is 41.9 cm³/mol. The monoisotopic (exact) mass is 185 g/mol. The van der Waals surface area contributed by atoms with Gasteiger partial charge in [-0.3, -0.25) is 14.4 Å². The van der Waals surface area contributed by atoms with Crippen LogP contribution >= 0.6 is 0 Å². The molecule has 7 heteroatoms. The van der Waals surface area contributed by atoms with Crippen molar-refractivity contribution in [3.05, 3.63) is 0 Å². The molecule has 3 amide bonds. The van der Waals surface area contributed by atoms with E-state index in [1.165, 1.54) is 14.1 Å². The molecule has 0 aromatic rings. The minimum Gasteiger partial charge on any atom is -0.374 e. The van der Waals surface area contributed by atoms with Crippen LogP contribution in [0, 0.1) is 0 Å². The molecule has 0 atom stereocenters. The van der Waals surface area contributed by atoms with Gasteiger partial charge in [-0.05, 0) is 0 Å². The highest BCUT2D eigenvalue weighted by molar-refractivity contribution is 7.32. The third kappa shape index (κ3) is 1.12. The van der Waals surface area contributed by atoms with Crippen molar-refractivity contribution in [3.8, 4) is 0 Å². The first-order valence-electron chi connectivity index (χ1n) is 3.40. The number of imide groups is 1. The summed E-state index contributed by atoms with van der Waals surface area (Å²) in [5.74, 6) is 0. The van der Waals surface area contributed by atoms with E-state index in [1.807, 2.05) is 0 Å². The fraction of sp³-hybridized carbons (Fsp3) is 0.400. The van der Waals surface area contributed by atoms with Gasteiger partial charge < -0.3 is 5.32 Å². The summed E-state index contributed by atoms with van der Waals surface area (Å²) in [5, 5.41) is 3.17. The summed E-state index contributed by atoms with van der Waals surface area (Å²) in [6, 6.07) is 0. The van der Waals surface area contributed by atoms with Crippen LogP contribution in [-0.2, 0) is 0 Å². The first kappa shape index (κ1) is 9.19. The van der Waals surface area contributed by atoms with Gasteiger partial charge in [0.15, 0.2) is 14.3 Å². The summed E-state index contributed by atoms with van der Waals surface area (Å²) in [4.78, 5) is 33.0. The second kappa shape index (κ2) is 3.23. The van der Waals surface area contributed by atoms with Crippen molar-refractivity contribution < 1.29 is 14.4 Å². The molecule has 0 radical (unpaired) electrons. The van der Waals surface area contributed by atoms with Crippen LogP contribution in [0.4, 0.5) is 14.4 Å². The van der Waals surface area contributed by atoms with E-state index >= 15 is 0 Å². The van der Waals surface area contributed by atoms with Gasteiger partial charge in [0.05, 0.1) is 0 Å². The second-order valence-electron chi connectivity index (χ2n) is 2.28. The minimum atomic E-state index is -2.52. The average Bonchev–Trinajstić information content (AvgIpc) is 2.05. The standard InChI is InChI=1S/C3H4N2O2.C2H4NO.Al/c1-4-5(2-6)3-7;1-3-2-4;/h4H,1H3;1H3,(H,3,4);. The van der Waals surface area contributed by atoms with E-state index in [1.54, 1.807) is 0 Å². The van der Waals surface area contributed by atoms with E-state index in [0.717, 1.165) is 5.01 Å². The van der Waals surface area contributed by atoms with Gasteiger partial charge in [-0.2, -0.15) is 0 Å². The predicted octanol–water partition coefficient (Wildman–Crippen LogP) is -0.744. The summed E-state index contributed by atoms with van der Waals surface area (Å²) in [5.41, 5.74) is 2.40. The molecule has 0 bridgehead atoms. The van der Waals surface area contributed by atoms with Crippen LogP contribution in [0.5, 0.6) is 0 Å². The summed E-state index contributed by atoms with van der Waals surface area (Å²) in [7, 11) is 2.88. The molecule has 0 aliphatic carbocycles. The van der Waals surface area contributed by atoms with E-state index in [2.05, 4.69) is 10.7 Å².